The topological polar surface area (TPSA) is 57.5 Å². The van der Waals surface area contributed by atoms with Gasteiger partial charge in [-0.2, -0.15) is 0 Å². The molecule has 3 heteroatoms. The molecule has 0 aromatic heterocycles. The minimum atomic E-state index is -0.277. The molecule has 0 bridgehead atoms. The normalized spacial score (nSPS) is 13.4. The van der Waals surface area contributed by atoms with Gasteiger partial charge in [-0.25, -0.2) is 0 Å². The third-order valence-corrected chi connectivity index (χ3v) is 4.67. The first kappa shape index (κ1) is 15.6. The van der Waals surface area contributed by atoms with Gasteiger partial charge in [0.15, 0.2) is 0 Å². The molecule has 1 aliphatic rings. The van der Waals surface area contributed by atoms with E-state index in [0.29, 0.717) is 17.5 Å². The fourth-order valence-electron chi connectivity index (χ4n) is 3.36. The van der Waals surface area contributed by atoms with E-state index in [9.17, 15) is 15.0 Å². The van der Waals surface area contributed by atoms with Gasteiger partial charge in [0.05, 0.1) is 11.1 Å². The van der Waals surface area contributed by atoms with Crippen LogP contribution >= 0.6 is 0 Å². The van der Waals surface area contributed by atoms with E-state index in [1.807, 2.05) is 52.0 Å². The lowest BCUT2D eigenvalue weighted by molar-refractivity contribution is 0.102. The maximum atomic E-state index is 13.0. The lowest BCUT2D eigenvalue weighted by Crippen LogP contribution is -2.17. The highest BCUT2D eigenvalue weighted by molar-refractivity contribution is 6.16. The summed E-state index contributed by atoms with van der Waals surface area (Å²) >= 11 is 0. The van der Waals surface area contributed by atoms with Crippen molar-refractivity contribution in [2.45, 2.75) is 46.0 Å². The molecule has 1 aliphatic carbocycles. The number of rotatable bonds is 2. The third kappa shape index (κ3) is 2.31. The molecule has 120 valence electrons. The lowest BCUT2D eigenvalue weighted by atomic mass is 9.80. The molecule has 2 N–H and O–H groups in total. The van der Waals surface area contributed by atoms with Crippen molar-refractivity contribution in [3.63, 3.8) is 0 Å². The Hall–Kier alpha value is -2.29. The van der Waals surface area contributed by atoms with E-state index in [0.717, 1.165) is 22.3 Å². The molecule has 0 radical (unpaired) electrons. The Bertz CT molecular complexity index is 736. The van der Waals surface area contributed by atoms with Crippen LogP contribution in [0.15, 0.2) is 24.3 Å². The molecule has 3 nitrogen and oxygen atoms in total. The molecule has 0 unspecified atom stereocenters. The molecule has 0 spiro atoms. The Kier molecular flexibility index (Phi) is 3.67. The zero-order valence-corrected chi connectivity index (χ0v) is 14.0. The predicted octanol–water partition coefficient (Wildman–Crippen LogP) is 4.48. The van der Waals surface area contributed by atoms with Crippen molar-refractivity contribution in [2.75, 3.05) is 0 Å². The van der Waals surface area contributed by atoms with Crippen molar-refractivity contribution in [3.05, 3.63) is 57.6 Å². The van der Waals surface area contributed by atoms with Gasteiger partial charge in [0.25, 0.3) is 0 Å². The molecule has 2 aromatic carbocycles. The van der Waals surface area contributed by atoms with Gasteiger partial charge < -0.3 is 10.2 Å². The molecule has 23 heavy (non-hydrogen) atoms. The Labute approximate surface area is 136 Å². The zero-order valence-electron chi connectivity index (χ0n) is 14.0. The fourth-order valence-corrected chi connectivity index (χ4v) is 3.36. The van der Waals surface area contributed by atoms with Crippen LogP contribution in [0.3, 0.4) is 0 Å². The highest BCUT2D eigenvalue weighted by atomic mass is 16.3. The maximum absolute atomic E-state index is 13.0. The van der Waals surface area contributed by atoms with E-state index in [1.54, 1.807) is 0 Å². The van der Waals surface area contributed by atoms with Crippen LogP contribution in [0.25, 0.3) is 0 Å². The molecule has 0 amide bonds. The van der Waals surface area contributed by atoms with Crippen molar-refractivity contribution < 1.29 is 15.0 Å². The molecule has 0 heterocycles. The Morgan fingerprint density at radius 1 is 0.783 bits per heavy atom. The number of hydrogen-bond acceptors (Lipinski definition) is 3. The summed E-state index contributed by atoms with van der Waals surface area (Å²) in [5.74, 6) is 0.0986. The van der Waals surface area contributed by atoms with Gasteiger partial charge in [-0.3, -0.25) is 4.79 Å². The smallest absolute Gasteiger partial charge is 0.201 e. The summed E-state index contributed by atoms with van der Waals surface area (Å²) < 4.78 is 0. The quantitative estimate of drug-likeness (QED) is 0.733. The van der Waals surface area contributed by atoms with Crippen LogP contribution in [-0.2, 0) is 6.42 Å². The van der Waals surface area contributed by atoms with Crippen molar-refractivity contribution in [1.29, 1.82) is 0 Å². The van der Waals surface area contributed by atoms with Gasteiger partial charge in [-0.15, -0.1) is 0 Å². The summed E-state index contributed by atoms with van der Waals surface area (Å²) in [7, 11) is 0. The summed E-state index contributed by atoms with van der Waals surface area (Å²) in [6, 6.07) is 7.61. The first-order valence-corrected chi connectivity index (χ1v) is 8.07. The van der Waals surface area contributed by atoms with E-state index >= 15 is 0 Å². The number of benzene rings is 2. The van der Waals surface area contributed by atoms with Gasteiger partial charge in [-0.05, 0) is 40.5 Å². The predicted molar refractivity (Wildman–Crippen MR) is 90.6 cm³/mol. The van der Waals surface area contributed by atoms with E-state index in [4.69, 9.17) is 0 Å². The summed E-state index contributed by atoms with van der Waals surface area (Å²) in [6.45, 7) is 7.93. The van der Waals surface area contributed by atoms with E-state index in [-0.39, 0.29) is 29.1 Å². The first-order valence-electron chi connectivity index (χ1n) is 8.07. The third-order valence-electron chi connectivity index (χ3n) is 4.67. The highest BCUT2D eigenvalue weighted by Gasteiger charge is 2.31. The summed E-state index contributed by atoms with van der Waals surface area (Å²) in [6.07, 6.45) is 0.550. The number of fused-ring (bicyclic) bond motifs is 2. The van der Waals surface area contributed by atoms with Gasteiger partial charge in [0, 0.05) is 0 Å². The van der Waals surface area contributed by atoms with E-state index in [1.165, 1.54) is 0 Å². The van der Waals surface area contributed by atoms with Crippen LogP contribution in [0.5, 0.6) is 11.5 Å². The number of phenols is 2. The van der Waals surface area contributed by atoms with Gasteiger partial charge in [0.2, 0.25) is 5.78 Å². The van der Waals surface area contributed by atoms with Gasteiger partial charge in [-0.1, -0.05) is 52.0 Å². The fraction of sp³-hybridized carbons (Fsp3) is 0.350. The number of phenolic OH excluding ortho intramolecular Hbond substituents is 2. The van der Waals surface area contributed by atoms with Crippen LogP contribution in [-0.4, -0.2) is 16.0 Å². The molecule has 3 rings (SSSR count). The Morgan fingerprint density at radius 3 is 1.52 bits per heavy atom. The van der Waals surface area contributed by atoms with Gasteiger partial charge in [0.1, 0.15) is 11.5 Å². The number of aromatic hydroxyl groups is 2. The van der Waals surface area contributed by atoms with Crippen molar-refractivity contribution in [1.82, 2.24) is 0 Å². The minimum Gasteiger partial charge on any atom is -0.507 e. The van der Waals surface area contributed by atoms with Crippen molar-refractivity contribution in [3.8, 4) is 11.5 Å². The standard InChI is InChI=1S/C20H22O3/c1-10(2)14-7-5-12-9-13-6-8-15(11(3)4)19(22)17(13)20(23)16(12)18(14)21/h5-8,10-11,21-22H,9H2,1-4H3. The second-order valence-corrected chi connectivity index (χ2v) is 6.89. The van der Waals surface area contributed by atoms with Crippen LogP contribution in [0.1, 0.15) is 77.7 Å². The van der Waals surface area contributed by atoms with Crippen LogP contribution in [0, 0.1) is 0 Å². The van der Waals surface area contributed by atoms with Gasteiger partial charge >= 0.3 is 0 Å². The van der Waals surface area contributed by atoms with Crippen LogP contribution < -0.4 is 0 Å². The largest absolute Gasteiger partial charge is 0.507 e. The Morgan fingerprint density at radius 2 is 1.17 bits per heavy atom. The lowest BCUT2D eigenvalue weighted by Gasteiger charge is -2.24. The summed E-state index contributed by atoms with van der Waals surface area (Å²) in [4.78, 5) is 13.0. The molecular formula is C20H22O3. The molecule has 0 saturated heterocycles. The van der Waals surface area contributed by atoms with Crippen molar-refractivity contribution in [2.24, 2.45) is 0 Å². The maximum Gasteiger partial charge on any atom is 0.201 e. The molecule has 2 aromatic rings. The van der Waals surface area contributed by atoms with Crippen LogP contribution in [0.2, 0.25) is 0 Å². The molecule has 0 fully saturated rings. The average Bonchev–Trinajstić information content (AvgIpc) is 2.46. The summed E-state index contributed by atoms with van der Waals surface area (Å²) in [5.41, 5.74) is 3.86. The van der Waals surface area contributed by atoms with E-state index in [2.05, 4.69) is 0 Å². The highest BCUT2D eigenvalue weighted by Crippen LogP contribution is 2.41. The number of carbonyl (C=O) groups is 1. The number of carbonyl (C=O) groups excluding carboxylic acids is 1. The molecule has 0 aliphatic heterocycles. The molecular weight excluding hydrogens is 288 g/mol. The van der Waals surface area contributed by atoms with E-state index < -0.39 is 0 Å². The Balaban J connectivity index is 2.23. The molecule has 0 saturated carbocycles. The molecule has 0 atom stereocenters. The average molecular weight is 310 g/mol. The number of hydrogen-bond donors (Lipinski definition) is 2. The SMILES string of the molecule is CC(C)c1ccc2c(c1O)C(=O)c1c(ccc(C(C)C)c1O)C2. The monoisotopic (exact) mass is 310 g/mol. The zero-order chi connectivity index (χ0) is 16.9. The van der Waals surface area contributed by atoms with Crippen LogP contribution in [0.4, 0.5) is 0 Å². The second-order valence-electron chi connectivity index (χ2n) is 6.89. The summed E-state index contributed by atoms with van der Waals surface area (Å²) in [5, 5.41) is 21.1. The number of ketones is 1. The van der Waals surface area contributed by atoms with Crippen molar-refractivity contribution >= 4 is 5.78 Å². The first-order chi connectivity index (χ1) is 10.8. The minimum absolute atomic E-state index is 0.0579. The second kappa shape index (κ2) is 5.41.